The molecular formula is C12H13BrN2. The van der Waals surface area contributed by atoms with Crippen LogP contribution in [0.15, 0.2) is 28.7 Å². The van der Waals surface area contributed by atoms with E-state index in [-0.39, 0.29) is 0 Å². The lowest BCUT2D eigenvalue weighted by Crippen LogP contribution is -1.94. The van der Waals surface area contributed by atoms with Gasteiger partial charge in [-0.2, -0.15) is 5.10 Å². The van der Waals surface area contributed by atoms with Gasteiger partial charge in [0.05, 0.1) is 11.4 Å². The molecule has 3 heteroatoms. The van der Waals surface area contributed by atoms with Gasteiger partial charge in [-0.3, -0.25) is 4.68 Å². The zero-order valence-electron chi connectivity index (χ0n) is 9.08. The lowest BCUT2D eigenvalue weighted by molar-refractivity contribution is 0.764. The minimum absolute atomic E-state index is 1.09. The molecule has 0 N–H and O–H groups in total. The topological polar surface area (TPSA) is 17.8 Å². The van der Waals surface area contributed by atoms with Crippen molar-refractivity contribution in [1.82, 2.24) is 9.78 Å². The minimum Gasteiger partial charge on any atom is -0.267 e. The summed E-state index contributed by atoms with van der Waals surface area (Å²) in [4.78, 5) is 0. The molecule has 2 aromatic rings. The summed E-state index contributed by atoms with van der Waals surface area (Å²) in [6, 6.07) is 8.29. The molecule has 0 amide bonds. The average Bonchev–Trinajstić information content (AvgIpc) is 2.41. The van der Waals surface area contributed by atoms with Gasteiger partial charge in [0.2, 0.25) is 0 Å². The largest absolute Gasteiger partial charge is 0.267 e. The zero-order chi connectivity index (χ0) is 11.0. The van der Waals surface area contributed by atoms with Crippen LogP contribution in [-0.2, 0) is 7.05 Å². The van der Waals surface area contributed by atoms with Crippen LogP contribution in [0, 0.1) is 13.8 Å². The fourth-order valence-corrected chi connectivity index (χ4v) is 2.20. The van der Waals surface area contributed by atoms with E-state index < -0.39 is 0 Å². The Morgan fingerprint density at radius 2 is 2.00 bits per heavy atom. The molecule has 0 spiro atoms. The van der Waals surface area contributed by atoms with E-state index in [4.69, 9.17) is 0 Å². The van der Waals surface area contributed by atoms with Gasteiger partial charge in [-0.25, -0.2) is 0 Å². The quantitative estimate of drug-likeness (QED) is 0.772. The van der Waals surface area contributed by atoms with E-state index in [0.717, 1.165) is 10.2 Å². The smallest absolute Gasteiger partial charge is 0.0711 e. The molecule has 1 heterocycles. The van der Waals surface area contributed by atoms with Crippen LogP contribution < -0.4 is 0 Å². The third-order valence-electron chi connectivity index (χ3n) is 2.62. The van der Waals surface area contributed by atoms with E-state index >= 15 is 0 Å². The van der Waals surface area contributed by atoms with Crippen molar-refractivity contribution in [2.45, 2.75) is 13.8 Å². The Morgan fingerprint density at radius 3 is 2.53 bits per heavy atom. The first kappa shape index (κ1) is 10.4. The second-order valence-corrected chi connectivity index (χ2v) is 4.61. The molecule has 2 rings (SSSR count). The fourth-order valence-electron chi connectivity index (χ4n) is 1.80. The highest BCUT2D eigenvalue weighted by Crippen LogP contribution is 2.26. The summed E-state index contributed by atoms with van der Waals surface area (Å²) in [7, 11) is 1.98. The van der Waals surface area contributed by atoms with Crippen molar-refractivity contribution in [3.63, 3.8) is 0 Å². The van der Waals surface area contributed by atoms with E-state index in [1.165, 1.54) is 16.8 Å². The molecule has 0 aliphatic rings. The Hall–Kier alpha value is -1.09. The summed E-state index contributed by atoms with van der Waals surface area (Å²) in [5.74, 6) is 0. The summed E-state index contributed by atoms with van der Waals surface area (Å²) in [6.45, 7) is 4.15. The lowest BCUT2D eigenvalue weighted by atomic mass is 10.1. The first-order chi connectivity index (χ1) is 7.09. The number of halogens is 1. The highest BCUT2D eigenvalue weighted by Gasteiger charge is 2.10. The molecule has 78 valence electrons. The number of nitrogens with zero attached hydrogens (tertiary/aromatic N) is 2. The molecule has 2 nitrogen and oxygen atoms in total. The van der Waals surface area contributed by atoms with Gasteiger partial charge in [0.1, 0.15) is 0 Å². The normalized spacial score (nSPS) is 10.7. The van der Waals surface area contributed by atoms with Crippen molar-refractivity contribution < 1.29 is 0 Å². The van der Waals surface area contributed by atoms with Crippen molar-refractivity contribution in [2.75, 3.05) is 0 Å². The Labute approximate surface area is 98.1 Å². The van der Waals surface area contributed by atoms with Gasteiger partial charge in [0.25, 0.3) is 0 Å². The number of hydrogen-bond donors (Lipinski definition) is 0. The molecule has 0 saturated heterocycles. The molecule has 0 fully saturated rings. The third kappa shape index (κ3) is 1.84. The Bertz CT molecular complexity index is 500. The van der Waals surface area contributed by atoms with Crippen LogP contribution >= 0.6 is 15.9 Å². The van der Waals surface area contributed by atoms with E-state index in [1.54, 1.807) is 0 Å². The monoisotopic (exact) mass is 264 g/mol. The van der Waals surface area contributed by atoms with Crippen molar-refractivity contribution in [2.24, 2.45) is 7.05 Å². The van der Waals surface area contributed by atoms with E-state index in [9.17, 15) is 0 Å². The van der Waals surface area contributed by atoms with Crippen LogP contribution in [0.1, 0.15) is 11.3 Å². The summed E-state index contributed by atoms with van der Waals surface area (Å²) < 4.78 is 3.03. The molecule has 1 aromatic carbocycles. The number of aryl methyl sites for hydroxylation is 2. The van der Waals surface area contributed by atoms with Crippen molar-refractivity contribution in [3.8, 4) is 11.3 Å². The highest BCUT2D eigenvalue weighted by molar-refractivity contribution is 9.10. The number of rotatable bonds is 1. The summed E-state index contributed by atoms with van der Waals surface area (Å²) in [5.41, 5.74) is 4.72. The van der Waals surface area contributed by atoms with Crippen molar-refractivity contribution in [3.05, 3.63) is 40.0 Å². The third-order valence-corrected chi connectivity index (χ3v) is 3.11. The zero-order valence-corrected chi connectivity index (χ0v) is 10.7. The van der Waals surface area contributed by atoms with E-state index in [1.807, 2.05) is 30.8 Å². The first-order valence-electron chi connectivity index (χ1n) is 4.85. The van der Waals surface area contributed by atoms with Crippen molar-refractivity contribution >= 4 is 15.9 Å². The molecule has 0 bridgehead atoms. The molecule has 1 aromatic heterocycles. The van der Waals surface area contributed by atoms with Crippen LogP contribution in [0.25, 0.3) is 11.3 Å². The van der Waals surface area contributed by atoms with E-state index in [2.05, 4.69) is 40.1 Å². The van der Waals surface area contributed by atoms with Crippen molar-refractivity contribution in [1.29, 1.82) is 0 Å². The van der Waals surface area contributed by atoms with Gasteiger partial charge < -0.3 is 0 Å². The predicted octanol–water partition coefficient (Wildman–Crippen LogP) is 3.47. The molecule has 15 heavy (non-hydrogen) atoms. The SMILES string of the molecule is Cc1nn(C)c(-c2cccc(Br)c2)c1C. The van der Waals surface area contributed by atoms with Crippen LogP contribution in [0.4, 0.5) is 0 Å². The lowest BCUT2D eigenvalue weighted by Gasteiger charge is -2.04. The predicted molar refractivity (Wildman–Crippen MR) is 65.8 cm³/mol. The molecule has 0 atom stereocenters. The summed E-state index contributed by atoms with van der Waals surface area (Å²) >= 11 is 3.49. The Balaban J connectivity index is 2.63. The second kappa shape index (κ2) is 3.81. The fraction of sp³-hybridized carbons (Fsp3) is 0.250. The maximum absolute atomic E-state index is 4.42. The van der Waals surface area contributed by atoms with Gasteiger partial charge in [-0.15, -0.1) is 0 Å². The molecule has 0 aliphatic heterocycles. The maximum atomic E-state index is 4.42. The van der Waals surface area contributed by atoms with Crippen LogP contribution in [-0.4, -0.2) is 9.78 Å². The first-order valence-corrected chi connectivity index (χ1v) is 5.65. The van der Waals surface area contributed by atoms with Crippen LogP contribution in [0.3, 0.4) is 0 Å². The number of benzene rings is 1. The molecule has 0 unspecified atom stereocenters. The van der Waals surface area contributed by atoms with Crippen LogP contribution in [0.2, 0.25) is 0 Å². The van der Waals surface area contributed by atoms with Gasteiger partial charge in [-0.1, -0.05) is 28.1 Å². The standard InChI is InChI=1S/C12H13BrN2/c1-8-9(2)14-15(3)12(8)10-5-4-6-11(13)7-10/h4-7H,1-3H3. The second-order valence-electron chi connectivity index (χ2n) is 3.69. The molecule has 0 saturated carbocycles. The van der Waals surface area contributed by atoms with Gasteiger partial charge >= 0.3 is 0 Å². The number of hydrogen-bond acceptors (Lipinski definition) is 1. The van der Waals surface area contributed by atoms with E-state index in [0.29, 0.717) is 0 Å². The van der Waals surface area contributed by atoms with Gasteiger partial charge in [0.15, 0.2) is 0 Å². The summed E-state index contributed by atoms with van der Waals surface area (Å²) in [5, 5.41) is 4.42. The molecule has 0 aliphatic carbocycles. The van der Waals surface area contributed by atoms with Gasteiger partial charge in [0, 0.05) is 17.1 Å². The average molecular weight is 265 g/mol. The highest BCUT2D eigenvalue weighted by atomic mass is 79.9. The maximum Gasteiger partial charge on any atom is 0.0711 e. The Kier molecular flexibility index (Phi) is 2.65. The number of aromatic nitrogens is 2. The van der Waals surface area contributed by atoms with Crippen LogP contribution in [0.5, 0.6) is 0 Å². The Morgan fingerprint density at radius 1 is 1.27 bits per heavy atom. The summed E-state index contributed by atoms with van der Waals surface area (Å²) in [6.07, 6.45) is 0. The molecule has 0 radical (unpaired) electrons. The minimum atomic E-state index is 1.09. The van der Waals surface area contributed by atoms with Gasteiger partial charge in [-0.05, 0) is 31.5 Å². The molecular weight excluding hydrogens is 252 g/mol.